The van der Waals surface area contributed by atoms with E-state index in [1.807, 2.05) is 12.1 Å². The van der Waals surface area contributed by atoms with Crippen LogP contribution in [0.3, 0.4) is 0 Å². The monoisotopic (exact) mass is 386 g/mol. The van der Waals surface area contributed by atoms with Crippen LogP contribution in [0.15, 0.2) is 23.0 Å². The summed E-state index contributed by atoms with van der Waals surface area (Å²) in [5, 5.41) is 0.400. The van der Waals surface area contributed by atoms with Crippen LogP contribution in [0.1, 0.15) is 26.6 Å². The van der Waals surface area contributed by atoms with Crippen LogP contribution in [-0.2, 0) is 4.74 Å². The number of thiophene rings is 1. The molecule has 27 heavy (non-hydrogen) atoms. The number of carbonyl (C=O) groups is 1. The zero-order chi connectivity index (χ0) is 19.6. The molecule has 0 bridgehead atoms. The standard InChI is InChI=1S/C19H18N2O5S/c1-10-14-17(22)20-13(21-18(14)27-16(10)19(23)26-4)9-8-11-6-5-7-12(24-2)15(11)25-3/h5-9H,1-4H3,(H,20,21,22)/b9-8+. The molecule has 0 spiro atoms. The Hall–Kier alpha value is -3.13. The molecule has 2 aromatic heterocycles. The van der Waals surface area contributed by atoms with Crippen LogP contribution in [0.25, 0.3) is 22.4 Å². The van der Waals surface area contributed by atoms with Gasteiger partial charge in [-0.25, -0.2) is 9.78 Å². The topological polar surface area (TPSA) is 90.5 Å². The molecule has 0 fully saturated rings. The van der Waals surface area contributed by atoms with E-state index in [9.17, 15) is 9.59 Å². The molecule has 2 heterocycles. The molecule has 0 aliphatic rings. The smallest absolute Gasteiger partial charge is 0.348 e. The van der Waals surface area contributed by atoms with E-state index in [4.69, 9.17) is 14.2 Å². The fourth-order valence-corrected chi connectivity index (χ4v) is 3.85. The van der Waals surface area contributed by atoms with Crippen LogP contribution in [0.5, 0.6) is 11.5 Å². The van der Waals surface area contributed by atoms with Gasteiger partial charge in [0.1, 0.15) is 15.5 Å². The van der Waals surface area contributed by atoms with Crippen molar-refractivity contribution in [1.29, 1.82) is 0 Å². The van der Waals surface area contributed by atoms with E-state index < -0.39 is 5.97 Å². The van der Waals surface area contributed by atoms with E-state index in [0.29, 0.717) is 38.0 Å². The lowest BCUT2D eigenvalue weighted by Gasteiger charge is -2.09. The van der Waals surface area contributed by atoms with Crippen LogP contribution >= 0.6 is 11.3 Å². The Bertz CT molecular complexity index is 1100. The maximum absolute atomic E-state index is 12.5. The van der Waals surface area contributed by atoms with Gasteiger partial charge in [-0.05, 0) is 30.7 Å². The highest BCUT2D eigenvalue weighted by atomic mass is 32.1. The molecule has 0 unspecified atom stereocenters. The number of aromatic nitrogens is 2. The van der Waals surface area contributed by atoms with Crippen LogP contribution < -0.4 is 15.0 Å². The van der Waals surface area contributed by atoms with E-state index in [-0.39, 0.29) is 5.56 Å². The molecule has 0 saturated carbocycles. The van der Waals surface area contributed by atoms with Crippen molar-refractivity contribution in [2.75, 3.05) is 21.3 Å². The molecule has 0 aliphatic carbocycles. The quantitative estimate of drug-likeness (QED) is 0.677. The molecule has 0 radical (unpaired) electrons. The molecule has 0 amide bonds. The minimum atomic E-state index is -0.479. The van der Waals surface area contributed by atoms with E-state index in [2.05, 4.69) is 9.97 Å². The number of hydrogen-bond acceptors (Lipinski definition) is 7. The highest BCUT2D eigenvalue weighted by molar-refractivity contribution is 7.20. The molecule has 7 nitrogen and oxygen atoms in total. The Labute approximate surface area is 159 Å². The molecule has 1 N–H and O–H groups in total. The summed E-state index contributed by atoms with van der Waals surface area (Å²) in [7, 11) is 4.43. The number of ether oxygens (including phenoxy) is 3. The Morgan fingerprint density at radius 1 is 1.19 bits per heavy atom. The van der Waals surface area contributed by atoms with Gasteiger partial charge in [-0.1, -0.05) is 12.1 Å². The second-order valence-electron chi connectivity index (χ2n) is 5.60. The number of rotatable bonds is 5. The predicted octanol–water partition coefficient (Wildman–Crippen LogP) is 3.27. The third-order valence-electron chi connectivity index (χ3n) is 4.04. The summed E-state index contributed by atoms with van der Waals surface area (Å²) in [5.41, 5.74) is 1.04. The fourth-order valence-electron chi connectivity index (χ4n) is 2.74. The van der Waals surface area contributed by atoms with Crippen molar-refractivity contribution in [3.8, 4) is 11.5 Å². The normalized spacial score (nSPS) is 11.1. The molecule has 0 saturated heterocycles. The molecule has 0 atom stereocenters. The number of aromatic amines is 1. The van der Waals surface area contributed by atoms with Crippen LogP contribution in [0.4, 0.5) is 0 Å². The number of H-pyrrole nitrogens is 1. The number of methoxy groups -OCH3 is 3. The number of para-hydroxylation sites is 1. The molecule has 8 heteroatoms. The summed E-state index contributed by atoms with van der Waals surface area (Å²) < 4.78 is 15.4. The first kappa shape index (κ1) is 18.7. The third kappa shape index (κ3) is 3.43. The van der Waals surface area contributed by atoms with Crippen molar-refractivity contribution in [2.45, 2.75) is 6.92 Å². The first-order chi connectivity index (χ1) is 13.0. The SMILES string of the molecule is COC(=O)c1sc2nc(/C=C/c3cccc(OC)c3OC)[nH]c(=O)c2c1C. The minimum Gasteiger partial charge on any atom is -0.493 e. The average Bonchev–Trinajstić information content (AvgIpc) is 3.02. The van der Waals surface area contributed by atoms with Gasteiger partial charge in [0.25, 0.3) is 5.56 Å². The molecule has 3 aromatic rings. The van der Waals surface area contributed by atoms with E-state index in [0.717, 1.165) is 16.9 Å². The van der Waals surface area contributed by atoms with Crippen molar-refractivity contribution in [2.24, 2.45) is 0 Å². The van der Waals surface area contributed by atoms with Crippen LogP contribution in [0.2, 0.25) is 0 Å². The maximum Gasteiger partial charge on any atom is 0.348 e. The van der Waals surface area contributed by atoms with Gasteiger partial charge in [0.15, 0.2) is 11.5 Å². The molecule has 3 rings (SSSR count). The predicted molar refractivity (Wildman–Crippen MR) is 105 cm³/mol. The Balaban J connectivity index is 2.05. The number of hydrogen-bond donors (Lipinski definition) is 1. The summed E-state index contributed by atoms with van der Waals surface area (Å²) in [5.74, 6) is 1.08. The fraction of sp³-hybridized carbons (Fsp3) is 0.211. The second-order valence-corrected chi connectivity index (χ2v) is 6.59. The number of fused-ring (bicyclic) bond motifs is 1. The van der Waals surface area contributed by atoms with E-state index in [1.54, 1.807) is 39.4 Å². The van der Waals surface area contributed by atoms with Crippen molar-refractivity contribution in [1.82, 2.24) is 9.97 Å². The third-order valence-corrected chi connectivity index (χ3v) is 5.21. The summed E-state index contributed by atoms with van der Waals surface area (Å²) in [6, 6.07) is 5.50. The lowest BCUT2D eigenvalue weighted by Crippen LogP contribution is -2.09. The van der Waals surface area contributed by atoms with Gasteiger partial charge in [0.05, 0.1) is 26.7 Å². The first-order valence-corrected chi connectivity index (χ1v) is 8.82. The minimum absolute atomic E-state index is 0.304. The molecular weight excluding hydrogens is 368 g/mol. The van der Waals surface area contributed by atoms with Gasteiger partial charge in [-0.2, -0.15) is 0 Å². The summed E-state index contributed by atoms with van der Waals surface area (Å²) in [6.45, 7) is 1.71. The number of aryl methyl sites for hydroxylation is 1. The zero-order valence-corrected chi connectivity index (χ0v) is 16.1. The van der Waals surface area contributed by atoms with Gasteiger partial charge in [0, 0.05) is 5.56 Å². The van der Waals surface area contributed by atoms with Crippen LogP contribution in [0, 0.1) is 6.92 Å². The number of nitrogens with zero attached hydrogens (tertiary/aromatic N) is 1. The lowest BCUT2D eigenvalue weighted by molar-refractivity contribution is 0.0605. The molecular formula is C19H18N2O5S. The van der Waals surface area contributed by atoms with Crippen molar-refractivity contribution < 1.29 is 19.0 Å². The Kier molecular flexibility index (Phi) is 5.27. The van der Waals surface area contributed by atoms with Crippen molar-refractivity contribution >= 4 is 39.7 Å². The Morgan fingerprint density at radius 2 is 1.96 bits per heavy atom. The van der Waals surface area contributed by atoms with E-state index >= 15 is 0 Å². The summed E-state index contributed by atoms with van der Waals surface area (Å²) in [6.07, 6.45) is 3.44. The largest absolute Gasteiger partial charge is 0.493 e. The van der Waals surface area contributed by atoms with Crippen LogP contribution in [-0.4, -0.2) is 37.3 Å². The molecule has 140 valence electrons. The van der Waals surface area contributed by atoms with Gasteiger partial charge in [0.2, 0.25) is 0 Å². The highest BCUT2D eigenvalue weighted by Gasteiger charge is 2.19. The van der Waals surface area contributed by atoms with E-state index in [1.165, 1.54) is 7.11 Å². The van der Waals surface area contributed by atoms with Gasteiger partial charge in [-0.15, -0.1) is 11.3 Å². The highest BCUT2D eigenvalue weighted by Crippen LogP contribution is 2.32. The summed E-state index contributed by atoms with van der Waals surface area (Å²) in [4.78, 5) is 32.3. The maximum atomic E-state index is 12.5. The lowest BCUT2D eigenvalue weighted by atomic mass is 10.1. The van der Waals surface area contributed by atoms with Crippen molar-refractivity contribution in [3.05, 3.63) is 50.4 Å². The second kappa shape index (κ2) is 7.63. The van der Waals surface area contributed by atoms with Crippen molar-refractivity contribution in [3.63, 3.8) is 0 Å². The number of benzene rings is 1. The molecule has 1 aromatic carbocycles. The van der Waals surface area contributed by atoms with Gasteiger partial charge < -0.3 is 19.2 Å². The average molecular weight is 386 g/mol. The molecule has 0 aliphatic heterocycles. The summed E-state index contributed by atoms with van der Waals surface area (Å²) >= 11 is 1.14. The van der Waals surface area contributed by atoms with Gasteiger partial charge in [-0.3, -0.25) is 4.79 Å². The first-order valence-electron chi connectivity index (χ1n) is 8.01. The van der Waals surface area contributed by atoms with Gasteiger partial charge >= 0.3 is 5.97 Å². The number of carbonyl (C=O) groups excluding carboxylic acids is 1. The Morgan fingerprint density at radius 3 is 2.63 bits per heavy atom. The number of nitrogens with one attached hydrogen (secondary N) is 1. The number of esters is 1. The zero-order valence-electron chi connectivity index (χ0n) is 15.3.